The molecule has 0 radical (unpaired) electrons. The van der Waals surface area contributed by atoms with Crippen molar-refractivity contribution < 1.29 is 9.90 Å². The second-order valence-corrected chi connectivity index (χ2v) is 4.41. The summed E-state index contributed by atoms with van der Waals surface area (Å²) in [6.45, 7) is 0. The van der Waals surface area contributed by atoms with Crippen molar-refractivity contribution in [3.8, 4) is 0 Å². The monoisotopic (exact) mass is 271 g/mol. The number of aliphatic hydroxyl groups is 1. The molecule has 6 heteroatoms. The number of hydrogen-bond donors (Lipinski definition) is 3. The van der Waals surface area contributed by atoms with Gasteiger partial charge in [-0.2, -0.15) is 0 Å². The Morgan fingerprint density at radius 3 is 2.72 bits per heavy atom. The van der Waals surface area contributed by atoms with Crippen molar-refractivity contribution in [3.05, 3.63) is 24.0 Å². The van der Waals surface area contributed by atoms with Crippen molar-refractivity contribution in [1.82, 2.24) is 10.3 Å². The van der Waals surface area contributed by atoms with E-state index in [1.165, 1.54) is 6.20 Å². The Morgan fingerprint density at radius 1 is 1.39 bits per heavy atom. The highest BCUT2D eigenvalue weighted by atomic mass is 35.5. The summed E-state index contributed by atoms with van der Waals surface area (Å²) in [5.41, 5.74) is 6.36. The summed E-state index contributed by atoms with van der Waals surface area (Å²) in [6, 6.07) is 3.06. The Balaban J connectivity index is 0.00000162. The van der Waals surface area contributed by atoms with Gasteiger partial charge < -0.3 is 16.2 Å². The lowest BCUT2D eigenvalue weighted by atomic mass is 9.92. The maximum absolute atomic E-state index is 11.8. The van der Waals surface area contributed by atoms with Crippen LogP contribution in [0.2, 0.25) is 0 Å². The third kappa shape index (κ3) is 3.58. The molecule has 1 aromatic heterocycles. The fraction of sp³-hybridized carbons (Fsp3) is 0.500. The molecule has 0 bridgehead atoms. The highest BCUT2D eigenvalue weighted by molar-refractivity contribution is 5.92. The number of nitrogens with zero attached hydrogens (tertiary/aromatic N) is 1. The zero-order chi connectivity index (χ0) is 12.3. The molecule has 0 spiro atoms. The van der Waals surface area contributed by atoms with Crippen molar-refractivity contribution >= 4 is 24.0 Å². The van der Waals surface area contributed by atoms with Crippen molar-refractivity contribution in [2.24, 2.45) is 0 Å². The van der Waals surface area contributed by atoms with Crippen LogP contribution in [-0.2, 0) is 0 Å². The predicted octanol–water partition coefficient (Wildman–Crippen LogP) is 1.12. The molecule has 18 heavy (non-hydrogen) atoms. The average Bonchev–Trinajstić information content (AvgIpc) is 2.33. The molecule has 100 valence electrons. The minimum absolute atomic E-state index is 0. The second kappa shape index (κ2) is 6.56. The normalized spacial score (nSPS) is 22.9. The Hall–Kier alpha value is -1.33. The van der Waals surface area contributed by atoms with E-state index >= 15 is 0 Å². The van der Waals surface area contributed by atoms with Gasteiger partial charge in [-0.25, -0.2) is 4.98 Å². The number of carbonyl (C=O) groups excluding carboxylic acids is 1. The van der Waals surface area contributed by atoms with Crippen LogP contribution < -0.4 is 11.1 Å². The number of hydrogen-bond acceptors (Lipinski definition) is 4. The molecule has 0 unspecified atom stereocenters. The third-order valence-corrected chi connectivity index (χ3v) is 3.06. The van der Waals surface area contributed by atoms with Crippen molar-refractivity contribution in [2.75, 3.05) is 5.73 Å². The summed E-state index contributed by atoms with van der Waals surface area (Å²) < 4.78 is 0. The van der Waals surface area contributed by atoms with Crippen LogP contribution in [0.1, 0.15) is 36.2 Å². The first-order valence-electron chi connectivity index (χ1n) is 5.87. The number of nitrogen functional groups attached to an aromatic ring is 1. The van der Waals surface area contributed by atoms with E-state index in [-0.39, 0.29) is 24.4 Å². The van der Waals surface area contributed by atoms with Crippen molar-refractivity contribution in [3.63, 3.8) is 0 Å². The van der Waals surface area contributed by atoms with Gasteiger partial charge in [-0.3, -0.25) is 4.79 Å². The van der Waals surface area contributed by atoms with Gasteiger partial charge in [-0.1, -0.05) is 12.8 Å². The lowest BCUT2D eigenvalue weighted by molar-refractivity contribution is 0.0714. The van der Waals surface area contributed by atoms with E-state index < -0.39 is 6.10 Å². The third-order valence-electron chi connectivity index (χ3n) is 3.06. The Morgan fingerprint density at radius 2 is 2.11 bits per heavy atom. The van der Waals surface area contributed by atoms with E-state index in [2.05, 4.69) is 10.3 Å². The zero-order valence-electron chi connectivity index (χ0n) is 10.0. The predicted molar refractivity (Wildman–Crippen MR) is 71.6 cm³/mol. The molecule has 1 amide bonds. The van der Waals surface area contributed by atoms with E-state index in [0.717, 1.165) is 25.7 Å². The van der Waals surface area contributed by atoms with Crippen LogP contribution in [0.15, 0.2) is 18.3 Å². The molecule has 1 aliphatic rings. The molecule has 1 heterocycles. The number of amides is 1. The van der Waals surface area contributed by atoms with Gasteiger partial charge in [0.2, 0.25) is 0 Å². The molecule has 0 saturated heterocycles. The fourth-order valence-electron chi connectivity index (χ4n) is 2.06. The molecule has 2 atom stereocenters. The molecule has 1 aromatic rings. The average molecular weight is 272 g/mol. The van der Waals surface area contributed by atoms with Gasteiger partial charge in [0.15, 0.2) is 0 Å². The Kier molecular flexibility index (Phi) is 5.37. The van der Waals surface area contributed by atoms with Gasteiger partial charge >= 0.3 is 0 Å². The molecule has 1 saturated carbocycles. The quantitative estimate of drug-likeness (QED) is 0.752. The molecule has 5 nitrogen and oxygen atoms in total. The largest absolute Gasteiger partial charge is 0.397 e. The topological polar surface area (TPSA) is 88.2 Å². The van der Waals surface area contributed by atoms with Crippen LogP contribution in [0, 0.1) is 0 Å². The summed E-state index contributed by atoms with van der Waals surface area (Å²) in [5.74, 6) is -0.254. The zero-order valence-corrected chi connectivity index (χ0v) is 10.8. The number of anilines is 1. The SMILES string of the molecule is Cl.Nc1ccc(C(=O)N[C@H]2CCCC[C@@H]2O)nc1. The van der Waals surface area contributed by atoms with Crippen molar-refractivity contribution in [1.29, 1.82) is 0 Å². The number of aliphatic hydroxyl groups excluding tert-OH is 1. The summed E-state index contributed by atoms with van der Waals surface area (Å²) in [5, 5.41) is 12.6. The number of pyridine rings is 1. The minimum Gasteiger partial charge on any atom is -0.397 e. The standard InChI is InChI=1S/C12H17N3O2.ClH/c13-8-5-6-10(14-7-8)12(17)15-9-3-1-2-4-11(9)16;/h5-7,9,11,16H,1-4,13H2,(H,15,17);1H/t9-,11-;/m0./s1. The summed E-state index contributed by atoms with van der Waals surface area (Å²) >= 11 is 0. The van der Waals surface area contributed by atoms with Crippen LogP contribution in [-0.4, -0.2) is 28.1 Å². The van der Waals surface area contributed by atoms with Gasteiger partial charge in [-0.15, -0.1) is 12.4 Å². The van der Waals surface area contributed by atoms with Crippen LogP contribution in [0.5, 0.6) is 0 Å². The Bertz CT molecular complexity index is 397. The van der Waals surface area contributed by atoms with Crippen LogP contribution in [0.4, 0.5) is 5.69 Å². The number of aromatic nitrogens is 1. The number of carbonyl (C=O) groups is 1. The van der Waals surface area contributed by atoms with Gasteiger partial charge in [0.25, 0.3) is 5.91 Å². The lowest BCUT2D eigenvalue weighted by Crippen LogP contribution is -2.45. The van der Waals surface area contributed by atoms with E-state index in [9.17, 15) is 9.90 Å². The van der Waals surface area contributed by atoms with Gasteiger partial charge in [0.1, 0.15) is 5.69 Å². The highest BCUT2D eigenvalue weighted by Crippen LogP contribution is 2.18. The van der Waals surface area contributed by atoms with Crippen LogP contribution in [0.3, 0.4) is 0 Å². The molecule has 4 N–H and O–H groups in total. The molecule has 0 aliphatic heterocycles. The van der Waals surface area contributed by atoms with Gasteiger partial charge in [0, 0.05) is 0 Å². The van der Waals surface area contributed by atoms with Crippen LogP contribution in [0.25, 0.3) is 0 Å². The maximum atomic E-state index is 11.8. The van der Waals surface area contributed by atoms with Crippen LogP contribution >= 0.6 is 12.4 Å². The smallest absolute Gasteiger partial charge is 0.270 e. The number of nitrogens with two attached hydrogens (primary N) is 1. The molecule has 2 rings (SSSR count). The fourth-order valence-corrected chi connectivity index (χ4v) is 2.06. The van der Waals surface area contributed by atoms with E-state index in [4.69, 9.17) is 5.73 Å². The molecule has 0 aromatic carbocycles. The van der Waals surface area contributed by atoms with E-state index in [0.29, 0.717) is 11.4 Å². The first kappa shape index (κ1) is 14.7. The van der Waals surface area contributed by atoms with E-state index in [1.807, 2.05) is 0 Å². The van der Waals surface area contributed by atoms with Crippen molar-refractivity contribution in [2.45, 2.75) is 37.8 Å². The lowest BCUT2D eigenvalue weighted by Gasteiger charge is -2.28. The highest BCUT2D eigenvalue weighted by Gasteiger charge is 2.25. The van der Waals surface area contributed by atoms with E-state index in [1.54, 1.807) is 12.1 Å². The maximum Gasteiger partial charge on any atom is 0.270 e. The second-order valence-electron chi connectivity index (χ2n) is 4.41. The molecule has 1 fully saturated rings. The Labute approximate surface area is 112 Å². The first-order valence-corrected chi connectivity index (χ1v) is 5.87. The number of rotatable bonds is 2. The summed E-state index contributed by atoms with van der Waals surface area (Å²) in [6.07, 6.45) is 4.64. The van der Waals surface area contributed by atoms with Gasteiger partial charge in [0.05, 0.1) is 24.0 Å². The molecular formula is C12H18ClN3O2. The molecular weight excluding hydrogens is 254 g/mol. The summed E-state index contributed by atoms with van der Waals surface area (Å²) in [7, 11) is 0. The number of halogens is 1. The minimum atomic E-state index is -0.443. The summed E-state index contributed by atoms with van der Waals surface area (Å²) in [4.78, 5) is 15.8. The molecule has 1 aliphatic carbocycles. The first-order chi connectivity index (χ1) is 8.16. The number of nitrogens with one attached hydrogen (secondary N) is 1. The van der Waals surface area contributed by atoms with Gasteiger partial charge in [-0.05, 0) is 25.0 Å².